The summed E-state index contributed by atoms with van der Waals surface area (Å²) in [6, 6.07) is 8.66. The summed E-state index contributed by atoms with van der Waals surface area (Å²) in [5, 5.41) is 6.93. The number of benzene rings is 1. The van der Waals surface area contributed by atoms with Crippen molar-refractivity contribution >= 4 is 41.0 Å². The van der Waals surface area contributed by atoms with Crippen LogP contribution in [0, 0.1) is 0 Å². The third-order valence-corrected chi connectivity index (χ3v) is 5.05. The van der Waals surface area contributed by atoms with E-state index in [-0.39, 0.29) is 24.0 Å². The van der Waals surface area contributed by atoms with Gasteiger partial charge in [-0.3, -0.25) is 4.99 Å². The van der Waals surface area contributed by atoms with E-state index < -0.39 is 0 Å². The van der Waals surface area contributed by atoms with Crippen LogP contribution >= 0.6 is 24.0 Å². The number of hydrogen-bond donors (Lipinski definition) is 2. The lowest BCUT2D eigenvalue weighted by Crippen LogP contribution is -2.47. The van der Waals surface area contributed by atoms with Crippen LogP contribution in [0.2, 0.25) is 0 Å². The van der Waals surface area contributed by atoms with E-state index >= 15 is 0 Å². The van der Waals surface area contributed by atoms with E-state index in [0.717, 1.165) is 37.4 Å². The Kier molecular flexibility index (Phi) is 6.16. The largest absolute Gasteiger partial charge is 0.373 e. The molecule has 2 aliphatic rings. The van der Waals surface area contributed by atoms with Gasteiger partial charge in [-0.05, 0) is 37.8 Å². The van der Waals surface area contributed by atoms with Crippen molar-refractivity contribution in [1.82, 2.24) is 20.2 Å². The lowest BCUT2D eigenvalue weighted by molar-refractivity contribution is 0.0992. The summed E-state index contributed by atoms with van der Waals surface area (Å²) in [7, 11) is 1.83. The molecule has 4 rings (SSSR count). The number of para-hydroxylation sites is 2. The Balaban J connectivity index is 0.00000182. The van der Waals surface area contributed by atoms with E-state index in [1.54, 1.807) is 0 Å². The summed E-state index contributed by atoms with van der Waals surface area (Å²) in [5.41, 5.74) is 2.25. The maximum atomic E-state index is 5.89. The molecule has 25 heavy (non-hydrogen) atoms. The number of ether oxygens (including phenoxy) is 1. The van der Waals surface area contributed by atoms with Crippen LogP contribution in [0.5, 0.6) is 0 Å². The fourth-order valence-corrected chi connectivity index (χ4v) is 3.80. The minimum absolute atomic E-state index is 0. The summed E-state index contributed by atoms with van der Waals surface area (Å²) in [5.74, 6) is 0.881. The molecular formula is C18H26IN5O. The predicted octanol–water partition coefficient (Wildman–Crippen LogP) is 2.53. The molecule has 2 aliphatic heterocycles. The van der Waals surface area contributed by atoms with Crippen LogP contribution in [-0.2, 0) is 11.3 Å². The van der Waals surface area contributed by atoms with Crippen molar-refractivity contribution in [1.29, 1.82) is 0 Å². The van der Waals surface area contributed by atoms with Gasteiger partial charge in [-0.15, -0.1) is 24.0 Å². The second-order valence-electron chi connectivity index (χ2n) is 6.64. The van der Waals surface area contributed by atoms with Crippen molar-refractivity contribution in [2.75, 3.05) is 13.6 Å². The summed E-state index contributed by atoms with van der Waals surface area (Å²) >= 11 is 0. The van der Waals surface area contributed by atoms with E-state index in [0.29, 0.717) is 18.2 Å². The van der Waals surface area contributed by atoms with Gasteiger partial charge in [0.2, 0.25) is 0 Å². The number of aryl methyl sites for hydroxylation is 1. The van der Waals surface area contributed by atoms with Crippen LogP contribution in [0.3, 0.4) is 0 Å². The zero-order valence-corrected chi connectivity index (χ0v) is 16.8. The smallest absolute Gasteiger partial charge is 0.191 e. The monoisotopic (exact) mass is 455 g/mol. The quantitative estimate of drug-likeness (QED) is 0.315. The zero-order chi connectivity index (χ0) is 16.4. The summed E-state index contributed by atoms with van der Waals surface area (Å²) in [6.07, 6.45) is 7.26. The molecule has 136 valence electrons. The minimum atomic E-state index is 0. The first-order chi connectivity index (χ1) is 11.8. The summed E-state index contributed by atoms with van der Waals surface area (Å²) in [4.78, 5) is 8.77. The van der Waals surface area contributed by atoms with Gasteiger partial charge in [0.05, 0.1) is 35.6 Å². The molecule has 0 aliphatic carbocycles. The average Bonchev–Trinajstić information content (AvgIpc) is 3.33. The van der Waals surface area contributed by atoms with Gasteiger partial charge in [0.15, 0.2) is 5.96 Å². The Bertz CT molecular complexity index is 731. The number of fused-ring (bicyclic) bond motifs is 3. The van der Waals surface area contributed by atoms with Gasteiger partial charge in [0, 0.05) is 20.1 Å². The zero-order valence-electron chi connectivity index (χ0n) is 14.5. The van der Waals surface area contributed by atoms with Crippen LogP contribution < -0.4 is 10.6 Å². The molecule has 0 saturated carbocycles. The Morgan fingerprint density at radius 1 is 1.36 bits per heavy atom. The maximum Gasteiger partial charge on any atom is 0.191 e. The Hall–Kier alpha value is -1.35. The number of nitrogens with zero attached hydrogens (tertiary/aromatic N) is 3. The highest BCUT2D eigenvalue weighted by Crippen LogP contribution is 2.34. The van der Waals surface area contributed by atoms with E-state index in [9.17, 15) is 0 Å². The van der Waals surface area contributed by atoms with Crippen LogP contribution in [-0.4, -0.2) is 47.4 Å². The Labute approximate surface area is 165 Å². The lowest BCUT2D eigenvalue weighted by Gasteiger charge is -2.22. The highest BCUT2D eigenvalue weighted by molar-refractivity contribution is 14.0. The topological polar surface area (TPSA) is 63.5 Å². The number of nitrogens with one attached hydrogen (secondary N) is 2. The number of guanidine groups is 1. The molecule has 6 nitrogen and oxygen atoms in total. The number of aliphatic imine (C=N–C) groups is 1. The van der Waals surface area contributed by atoms with Gasteiger partial charge in [0.25, 0.3) is 0 Å². The van der Waals surface area contributed by atoms with Gasteiger partial charge in [-0.2, -0.15) is 0 Å². The molecule has 2 N–H and O–H groups in total. The van der Waals surface area contributed by atoms with Gasteiger partial charge < -0.3 is 19.9 Å². The molecule has 0 radical (unpaired) electrons. The van der Waals surface area contributed by atoms with Gasteiger partial charge in [0.1, 0.15) is 0 Å². The summed E-state index contributed by atoms with van der Waals surface area (Å²) in [6.45, 7) is 1.83. The highest BCUT2D eigenvalue weighted by Gasteiger charge is 2.41. The first kappa shape index (κ1) is 18.4. The average molecular weight is 455 g/mol. The van der Waals surface area contributed by atoms with Crippen molar-refractivity contribution in [2.24, 2.45) is 4.99 Å². The van der Waals surface area contributed by atoms with Crippen LogP contribution in [0.4, 0.5) is 0 Å². The Morgan fingerprint density at radius 3 is 3.00 bits per heavy atom. The number of rotatable bonds is 5. The van der Waals surface area contributed by atoms with Gasteiger partial charge in [-0.1, -0.05) is 12.1 Å². The third kappa shape index (κ3) is 4.08. The number of imidazole rings is 1. The first-order valence-electron chi connectivity index (χ1n) is 8.86. The Morgan fingerprint density at radius 2 is 2.24 bits per heavy atom. The molecule has 1 aromatic carbocycles. The third-order valence-electron chi connectivity index (χ3n) is 5.05. The second kappa shape index (κ2) is 8.35. The molecule has 3 atom stereocenters. The first-order valence-corrected chi connectivity index (χ1v) is 8.86. The van der Waals surface area contributed by atoms with Crippen molar-refractivity contribution in [3.05, 3.63) is 30.6 Å². The SMILES string of the molecule is CN=C(NCCCn1cnc2ccccc21)NC1CC2CCC1O2.I. The molecule has 7 heteroatoms. The molecule has 2 fully saturated rings. The molecule has 0 amide bonds. The number of aromatic nitrogens is 2. The second-order valence-corrected chi connectivity index (χ2v) is 6.64. The molecule has 3 unspecified atom stereocenters. The molecule has 2 saturated heterocycles. The van der Waals surface area contributed by atoms with Crippen LogP contribution in [0.1, 0.15) is 25.7 Å². The maximum absolute atomic E-state index is 5.89. The highest BCUT2D eigenvalue weighted by atomic mass is 127. The van der Waals surface area contributed by atoms with Crippen molar-refractivity contribution in [3.8, 4) is 0 Å². The van der Waals surface area contributed by atoms with Crippen LogP contribution in [0.15, 0.2) is 35.6 Å². The van der Waals surface area contributed by atoms with E-state index in [2.05, 4.69) is 37.3 Å². The van der Waals surface area contributed by atoms with Gasteiger partial charge >= 0.3 is 0 Å². The number of hydrogen-bond acceptors (Lipinski definition) is 3. The van der Waals surface area contributed by atoms with Crippen LogP contribution in [0.25, 0.3) is 11.0 Å². The lowest BCUT2D eigenvalue weighted by atomic mass is 9.96. The normalized spacial score (nSPS) is 25.2. The summed E-state index contributed by atoms with van der Waals surface area (Å²) < 4.78 is 8.10. The molecule has 0 spiro atoms. The predicted molar refractivity (Wildman–Crippen MR) is 111 cm³/mol. The molecule has 2 bridgehead atoms. The van der Waals surface area contributed by atoms with E-state index in [4.69, 9.17) is 4.74 Å². The van der Waals surface area contributed by atoms with E-state index in [1.807, 2.05) is 25.5 Å². The van der Waals surface area contributed by atoms with Crippen molar-refractivity contribution in [3.63, 3.8) is 0 Å². The van der Waals surface area contributed by atoms with E-state index in [1.165, 1.54) is 18.4 Å². The fourth-order valence-electron chi connectivity index (χ4n) is 3.80. The minimum Gasteiger partial charge on any atom is -0.373 e. The van der Waals surface area contributed by atoms with Crippen molar-refractivity contribution < 1.29 is 4.74 Å². The van der Waals surface area contributed by atoms with Crippen molar-refractivity contribution in [2.45, 2.75) is 50.5 Å². The number of halogens is 1. The standard InChI is InChI=1S/C18H25N5O.HI/c1-19-18(22-15-11-13-7-8-17(15)24-13)20-9-4-10-23-12-21-14-5-2-3-6-16(14)23;/h2-3,5-6,12-13,15,17H,4,7-11H2,1H3,(H2,19,20,22);1H. The molecule has 2 aromatic rings. The molecule has 3 heterocycles. The van der Waals surface area contributed by atoms with Gasteiger partial charge in [-0.25, -0.2) is 4.98 Å². The molecular weight excluding hydrogens is 429 g/mol. The molecule has 1 aromatic heterocycles. The fraction of sp³-hybridized carbons (Fsp3) is 0.556.